The number of nitro benzene ring substituents is 1. The average molecular weight is 284 g/mol. The summed E-state index contributed by atoms with van der Waals surface area (Å²) in [6, 6.07) is 4.06. The second-order valence-electron chi connectivity index (χ2n) is 3.88. The quantitative estimate of drug-likeness (QED) is 0.173. The number of anilines is 1. The molecule has 5 N–H and O–H groups in total. The zero-order valence-corrected chi connectivity index (χ0v) is 10.6. The van der Waals surface area contributed by atoms with E-state index in [1.54, 1.807) is 0 Å². The Kier molecular flexibility index (Phi) is 5.69. The summed E-state index contributed by atoms with van der Waals surface area (Å²) in [5, 5.41) is 40.4. The van der Waals surface area contributed by atoms with Crippen molar-refractivity contribution in [2.75, 3.05) is 31.2 Å². The zero-order valence-electron chi connectivity index (χ0n) is 10.6. The molecule has 9 heteroatoms. The van der Waals surface area contributed by atoms with Gasteiger partial charge in [-0.3, -0.25) is 10.1 Å². The number of benzene rings is 1. The first-order valence-electron chi connectivity index (χ1n) is 5.78. The Hall–Kier alpha value is -2.39. The van der Waals surface area contributed by atoms with Crippen molar-refractivity contribution in [3.8, 4) is 0 Å². The first-order valence-corrected chi connectivity index (χ1v) is 5.78. The van der Waals surface area contributed by atoms with Crippen LogP contribution in [-0.2, 0) is 0 Å². The SMILES string of the molecule is NC(=NO)c1ccc(N(CCO)CCO)c([N+](=O)[O-])c1. The molecule has 1 aromatic carbocycles. The molecule has 0 aliphatic heterocycles. The maximum absolute atomic E-state index is 11.1. The molecule has 0 fully saturated rings. The second kappa shape index (κ2) is 7.26. The molecule has 20 heavy (non-hydrogen) atoms. The summed E-state index contributed by atoms with van der Waals surface area (Å²) in [5.74, 6) is -0.240. The summed E-state index contributed by atoms with van der Waals surface area (Å²) in [7, 11) is 0. The number of nitrogens with two attached hydrogens (primary N) is 1. The van der Waals surface area contributed by atoms with Gasteiger partial charge in [0.2, 0.25) is 0 Å². The van der Waals surface area contributed by atoms with Gasteiger partial charge in [0.1, 0.15) is 5.69 Å². The molecule has 0 amide bonds. The van der Waals surface area contributed by atoms with Gasteiger partial charge in [-0.05, 0) is 12.1 Å². The number of nitro groups is 1. The van der Waals surface area contributed by atoms with Gasteiger partial charge < -0.3 is 26.1 Å². The van der Waals surface area contributed by atoms with Gasteiger partial charge in [-0.25, -0.2) is 0 Å². The molecule has 1 rings (SSSR count). The normalized spacial score (nSPS) is 11.4. The first-order chi connectivity index (χ1) is 9.54. The highest BCUT2D eigenvalue weighted by atomic mass is 16.6. The number of aliphatic hydroxyl groups excluding tert-OH is 2. The molecule has 0 heterocycles. The summed E-state index contributed by atoms with van der Waals surface area (Å²) in [5.41, 5.74) is 5.58. The molecule has 0 aliphatic rings. The number of oxime groups is 1. The lowest BCUT2D eigenvalue weighted by Crippen LogP contribution is -2.30. The first kappa shape index (κ1) is 15.7. The van der Waals surface area contributed by atoms with Crippen LogP contribution in [-0.4, -0.2) is 52.5 Å². The molecule has 0 spiro atoms. The van der Waals surface area contributed by atoms with Crippen LogP contribution in [0.1, 0.15) is 5.56 Å². The standard InChI is InChI=1S/C11H16N4O5/c12-11(13-18)8-1-2-9(10(7-8)15(19)20)14(3-5-16)4-6-17/h1-2,7,16-18H,3-6H2,(H2,12,13). The van der Waals surface area contributed by atoms with Crippen LogP contribution in [0.5, 0.6) is 0 Å². The van der Waals surface area contributed by atoms with Crippen LogP contribution in [0.25, 0.3) is 0 Å². The van der Waals surface area contributed by atoms with Gasteiger partial charge in [0.15, 0.2) is 5.84 Å². The fourth-order valence-electron chi connectivity index (χ4n) is 1.75. The van der Waals surface area contributed by atoms with E-state index in [2.05, 4.69) is 5.16 Å². The lowest BCUT2D eigenvalue weighted by molar-refractivity contribution is -0.384. The van der Waals surface area contributed by atoms with Crippen molar-refractivity contribution in [3.05, 3.63) is 33.9 Å². The molecule has 0 atom stereocenters. The van der Waals surface area contributed by atoms with Gasteiger partial charge in [-0.15, -0.1) is 0 Å². The predicted molar refractivity (Wildman–Crippen MR) is 72.0 cm³/mol. The maximum atomic E-state index is 11.1. The fourth-order valence-corrected chi connectivity index (χ4v) is 1.75. The van der Waals surface area contributed by atoms with Crippen molar-refractivity contribution in [3.63, 3.8) is 0 Å². The van der Waals surface area contributed by atoms with Crippen molar-refractivity contribution in [1.82, 2.24) is 0 Å². The highest BCUT2D eigenvalue weighted by Crippen LogP contribution is 2.29. The average Bonchev–Trinajstić information content (AvgIpc) is 2.45. The third-order valence-corrected chi connectivity index (χ3v) is 2.66. The van der Waals surface area contributed by atoms with E-state index in [-0.39, 0.29) is 49.1 Å². The van der Waals surface area contributed by atoms with Crippen molar-refractivity contribution in [2.45, 2.75) is 0 Å². The number of rotatable bonds is 7. The van der Waals surface area contributed by atoms with Gasteiger partial charge in [0.05, 0.1) is 18.1 Å². The van der Waals surface area contributed by atoms with E-state index < -0.39 is 4.92 Å². The minimum atomic E-state index is -0.606. The summed E-state index contributed by atoms with van der Waals surface area (Å²) < 4.78 is 0. The van der Waals surface area contributed by atoms with Crippen molar-refractivity contribution < 1.29 is 20.3 Å². The molecule has 0 saturated heterocycles. The fraction of sp³-hybridized carbons (Fsp3) is 0.364. The van der Waals surface area contributed by atoms with Gasteiger partial charge in [-0.1, -0.05) is 5.16 Å². The number of hydrogen-bond donors (Lipinski definition) is 4. The van der Waals surface area contributed by atoms with Gasteiger partial charge in [-0.2, -0.15) is 0 Å². The molecule has 110 valence electrons. The van der Waals surface area contributed by atoms with Crippen LogP contribution in [0.15, 0.2) is 23.4 Å². The number of amidine groups is 1. The molecule has 9 nitrogen and oxygen atoms in total. The highest BCUT2D eigenvalue weighted by molar-refractivity contribution is 5.98. The van der Waals surface area contributed by atoms with E-state index in [0.29, 0.717) is 0 Å². The van der Waals surface area contributed by atoms with E-state index in [1.165, 1.54) is 23.1 Å². The molecule has 0 unspecified atom stereocenters. The third kappa shape index (κ3) is 3.56. The van der Waals surface area contributed by atoms with Crippen molar-refractivity contribution in [2.24, 2.45) is 10.9 Å². The van der Waals surface area contributed by atoms with E-state index >= 15 is 0 Å². The Labute approximate surface area is 114 Å². The van der Waals surface area contributed by atoms with E-state index in [1.807, 2.05) is 0 Å². The van der Waals surface area contributed by atoms with Gasteiger partial charge >= 0.3 is 0 Å². The lowest BCUT2D eigenvalue weighted by atomic mass is 10.1. The lowest BCUT2D eigenvalue weighted by Gasteiger charge is -2.22. The van der Waals surface area contributed by atoms with E-state index in [4.69, 9.17) is 21.2 Å². The van der Waals surface area contributed by atoms with Crippen LogP contribution in [0.2, 0.25) is 0 Å². The predicted octanol–water partition coefficient (Wildman–Crippen LogP) is -0.520. The van der Waals surface area contributed by atoms with Crippen molar-refractivity contribution >= 4 is 17.2 Å². The van der Waals surface area contributed by atoms with Crippen molar-refractivity contribution in [1.29, 1.82) is 0 Å². The molecule has 0 bridgehead atoms. The maximum Gasteiger partial charge on any atom is 0.293 e. The Bertz CT molecular complexity index is 500. The molecule has 0 saturated carbocycles. The molecule has 1 aromatic rings. The molecular formula is C11H16N4O5. The Morgan fingerprint density at radius 3 is 2.40 bits per heavy atom. The van der Waals surface area contributed by atoms with E-state index in [0.717, 1.165) is 0 Å². The zero-order chi connectivity index (χ0) is 15.1. The minimum Gasteiger partial charge on any atom is -0.409 e. The molecule has 0 aliphatic carbocycles. The van der Waals surface area contributed by atoms with Gasteiger partial charge in [0.25, 0.3) is 5.69 Å². The highest BCUT2D eigenvalue weighted by Gasteiger charge is 2.20. The summed E-state index contributed by atoms with van der Waals surface area (Å²) in [4.78, 5) is 12.0. The third-order valence-electron chi connectivity index (χ3n) is 2.66. The second-order valence-corrected chi connectivity index (χ2v) is 3.88. The Morgan fingerprint density at radius 2 is 1.95 bits per heavy atom. The Balaban J connectivity index is 3.27. The largest absolute Gasteiger partial charge is 0.409 e. The molecule has 0 aromatic heterocycles. The van der Waals surface area contributed by atoms with Gasteiger partial charge in [0, 0.05) is 24.7 Å². The van der Waals surface area contributed by atoms with Crippen LogP contribution in [0.4, 0.5) is 11.4 Å². The Morgan fingerprint density at radius 1 is 1.35 bits per heavy atom. The monoisotopic (exact) mass is 284 g/mol. The summed E-state index contributed by atoms with van der Waals surface area (Å²) >= 11 is 0. The van der Waals surface area contributed by atoms with Crippen LogP contribution < -0.4 is 10.6 Å². The number of nitrogens with zero attached hydrogens (tertiary/aromatic N) is 3. The summed E-state index contributed by atoms with van der Waals surface area (Å²) in [6.07, 6.45) is 0. The van der Waals surface area contributed by atoms with E-state index in [9.17, 15) is 10.1 Å². The van der Waals surface area contributed by atoms with Crippen LogP contribution in [0, 0.1) is 10.1 Å². The van der Waals surface area contributed by atoms with Crippen LogP contribution in [0.3, 0.4) is 0 Å². The number of hydrogen-bond acceptors (Lipinski definition) is 7. The molecule has 0 radical (unpaired) electrons. The smallest absolute Gasteiger partial charge is 0.293 e. The topological polar surface area (TPSA) is 145 Å². The summed E-state index contributed by atoms with van der Waals surface area (Å²) in [6.45, 7) is -0.132. The molecular weight excluding hydrogens is 268 g/mol. The minimum absolute atomic E-state index is 0.143. The van der Waals surface area contributed by atoms with Crippen LogP contribution >= 0.6 is 0 Å². The number of aliphatic hydroxyl groups is 2.